The summed E-state index contributed by atoms with van der Waals surface area (Å²) < 4.78 is 9.98. The second-order valence-corrected chi connectivity index (χ2v) is 4.80. The lowest BCUT2D eigenvalue weighted by Gasteiger charge is -2.19. The second-order valence-electron chi connectivity index (χ2n) is 4.80. The van der Waals surface area contributed by atoms with E-state index in [-0.39, 0.29) is 25.4 Å². The number of hydrogen-bond acceptors (Lipinski definition) is 5. The summed E-state index contributed by atoms with van der Waals surface area (Å²) in [4.78, 5) is 22.6. The Kier molecular flexibility index (Phi) is 8.03. The van der Waals surface area contributed by atoms with Crippen molar-refractivity contribution in [1.82, 2.24) is 5.32 Å². The largest absolute Gasteiger partial charge is 0.461 e. The number of nitrogens with one attached hydrogen (secondary N) is 1. The zero-order chi connectivity index (χ0) is 14.0. The van der Waals surface area contributed by atoms with Crippen LogP contribution in [0.2, 0.25) is 0 Å². The Bertz CT molecular complexity index is 292. The van der Waals surface area contributed by atoms with Crippen molar-refractivity contribution in [3.8, 4) is 0 Å². The Labute approximate surface area is 109 Å². The summed E-state index contributed by atoms with van der Waals surface area (Å²) in [6, 6.07) is 0. The van der Waals surface area contributed by atoms with Gasteiger partial charge in [-0.2, -0.15) is 0 Å². The van der Waals surface area contributed by atoms with E-state index in [0.29, 0.717) is 0 Å². The van der Waals surface area contributed by atoms with E-state index in [1.54, 1.807) is 26.8 Å². The zero-order valence-electron chi connectivity index (χ0n) is 11.6. The van der Waals surface area contributed by atoms with E-state index in [0.717, 1.165) is 6.54 Å². The molecule has 5 heteroatoms. The van der Waals surface area contributed by atoms with E-state index in [4.69, 9.17) is 9.47 Å². The van der Waals surface area contributed by atoms with Gasteiger partial charge >= 0.3 is 11.9 Å². The molecule has 18 heavy (non-hydrogen) atoms. The predicted molar refractivity (Wildman–Crippen MR) is 69.1 cm³/mol. The monoisotopic (exact) mass is 257 g/mol. The molecule has 0 rings (SSSR count). The molecule has 0 heterocycles. The van der Waals surface area contributed by atoms with Crippen molar-refractivity contribution in [2.45, 2.75) is 39.2 Å². The maximum atomic E-state index is 11.3. The standard InChI is InChI=1S/C13H23NO4/c1-13(2,3)18-12(16)8-7-11(15)17-10-6-5-9-14-4/h5-6,14H,7-10H2,1-4H3/b6-5+. The summed E-state index contributed by atoms with van der Waals surface area (Å²) in [5, 5.41) is 2.93. The third kappa shape index (κ3) is 11.1. The van der Waals surface area contributed by atoms with Crippen LogP contribution in [0.4, 0.5) is 0 Å². The van der Waals surface area contributed by atoms with Gasteiger partial charge < -0.3 is 14.8 Å². The highest BCUT2D eigenvalue weighted by molar-refractivity contribution is 5.77. The number of carbonyl (C=O) groups is 2. The Hall–Kier alpha value is -1.36. The van der Waals surface area contributed by atoms with Crippen molar-refractivity contribution in [1.29, 1.82) is 0 Å². The smallest absolute Gasteiger partial charge is 0.306 e. The van der Waals surface area contributed by atoms with Crippen molar-refractivity contribution >= 4 is 11.9 Å². The first kappa shape index (κ1) is 16.6. The second kappa shape index (κ2) is 8.69. The summed E-state index contributed by atoms with van der Waals surface area (Å²) in [6.45, 7) is 6.33. The fraction of sp³-hybridized carbons (Fsp3) is 0.692. The first-order chi connectivity index (χ1) is 8.35. The average Bonchev–Trinajstić information content (AvgIpc) is 2.24. The quantitative estimate of drug-likeness (QED) is 0.552. The Morgan fingerprint density at radius 2 is 1.72 bits per heavy atom. The third-order valence-corrected chi connectivity index (χ3v) is 1.78. The van der Waals surface area contributed by atoms with E-state index < -0.39 is 11.6 Å². The summed E-state index contributed by atoms with van der Waals surface area (Å²) in [5.41, 5.74) is -0.517. The Balaban J connectivity index is 3.68. The lowest BCUT2D eigenvalue weighted by molar-refractivity contribution is -0.157. The topological polar surface area (TPSA) is 64.6 Å². The number of esters is 2. The first-order valence-electron chi connectivity index (χ1n) is 6.02. The fourth-order valence-electron chi connectivity index (χ4n) is 1.08. The molecule has 0 spiro atoms. The van der Waals surface area contributed by atoms with Gasteiger partial charge in [0, 0.05) is 6.54 Å². The van der Waals surface area contributed by atoms with Gasteiger partial charge in [-0.25, -0.2) is 0 Å². The summed E-state index contributed by atoms with van der Waals surface area (Å²) in [6.07, 6.45) is 3.72. The molecule has 0 saturated carbocycles. The van der Waals surface area contributed by atoms with Crippen LogP contribution in [0.5, 0.6) is 0 Å². The van der Waals surface area contributed by atoms with Crippen LogP contribution in [0.1, 0.15) is 33.6 Å². The van der Waals surface area contributed by atoms with Crippen molar-refractivity contribution in [3.63, 3.8) is 0 Å². The van der Waals surface area contributed by atoms with E-state index in [2.05, 4.69) is 5.32 Å². The van der Waals surface area contributed by atoms with E-state index in [1.807, 2.05) is 13.1 Å². The fourth-order valence-corrected chi connectivity index (χ4v) is 1.08. The summed E-state index contributed by atoms with van der Waals surface area (Å²) in [7, 11) is 1.83. The van der Waals surface area contributed by atoms with Gasteiger partial charge in [-0.1, -0.05) is 6.08 Å². The summed E-state index contributed by atoms with van der Waals surface area (Å²) in [5.74, 6) is -0.778. The van der Waals surface area contributed by atoms with Gasteiger partial charge in [-0.15, -0.1) is 0 Å². The molecule has 0 bridgehead atoms. The van der Waals surface area contributed by atoms with Gasteiger partial charge in [-0.05, 0) is 33.9 Å². The molecular formula is C13H23NO4. The van der Waals surface area contributed by atoms with Gasteiger partial charge in [0.25, 0.3) is 0 Å². The van der Waals surface area contributed by atoms with E-state index in [1.165, 1.54) is 0 Å². The number of ether oxygens (including phenoxy) is 2. The van der Waals surface area contributed by atoms with Gasteiger partial charge in [0.05, 0.1) is 12.8 Å². The van der Waals surface area contributed by atoms with Crippen LogP contribution in [0.3, 0.4) is 0 Å². The van der Waals surface area contributed by atoms with Gasteiger partial charge in [0.2, 0.25) is 0 Å². The highest BCUT2D eigenvalue weighted by Crippen LogP contribution is 2.09. The van der Waals surface area contributed by atoms with E-state index >= 15 is 0 Å². The zero-order valence-corrected chi connectivity index (χ0v) is 11.6. The van der Waals surface area contributed by atoms with Crippen LogP contribution in [0.25, 0.3) is 0 Å². The first-order valence-corrected chi connectivity index (χ1v) is 6.02. The van der Waals surface area contributed by atoms with Gasteiger partial charge in [0.1, 0.15) is 12.2 Å². The predicted octanol–water partition coefficient (Wildman–Crippen LogP) is 1.43. The molecule has 0 aromatic heterocycles. The van der Waals surface area contributed by atoms with Crippen molar-refractivity contribution in [3.05, 3.63) is 12.2 Å². The van der Waals surface area contributed by atoms with Gasteiger partial charge in [-0.3, -0.25) is 9.59 Å². The molecule has 0 atom stereocenters. The number of carbonyl (C=O) groups excluding carboxylic acids is 2. The maximum absolute atomic E-state index is 11.3. The van der Waals surface area contributed by atoms with Crippen LogP contribution in [0, 0.1) is 0 Å². The van der Waals surface area contributed by atoms with E-state index in [9.17, 15) is 9.59 Å². The number of rotatable bonds is 7. The molecule has 5 nitrogen and oxygen atoms in total. The van der Waals surface area contributed by atoms with Crippen molar-refractivity contribution < 1.29 is 19.1 Å². The average molecular weight is 257 g/mol. The lowest BCUT2D eigenvalue weighted by atomic mass is 10.2. The number of hydrogen-bond donors (Lipinski definition) is 1. The molecule has 0 aliphatic rings. The Morgan fingerprint density at radius 3 is 2.28 bits per heavy atom. The molecule has 0 aromatic rings. The van der Waals surface area contributed by atoms with Crippen LogP contribution < -0.4 is 5.32 Å². The lowest BCUT2D eigenvalue weighted by Crippen LogP contribution is -2.24. The minimum absolute atomic E-state index is 0.0504. The molecule has 0 saturated heterocycles. The molecule has 0 unspecified atom stereocenters. The van der Waals surface area contributed by atoms with Gasteiger partial charge in [0.15, 0.2) is 0 Å². The normalized spacial score (nSPS) is 11.6. The van der Waals surface area contributed by atoms with Crippen molar-refractivity contribution in [2.75, 3.05) is 20.2 Å². The van der Waals surface area contributed by atoms with Crippen LogP contribution in [-0.2, 0) is 19.1 Å². The molecule has 0 fully saturated rings. The molecule has 104 valence electrons. The molecule has 1 N–H and O–H groups in total. The SMILES string of the molecule is CNC/C=C/COC(=O)CCC(=O)OC(C)(C)C. The highest BCUT2D eigenvalue weighted by atomic mass is 16.6. The maximum Gasteiger partial charge on any atom is 0.306 e. The molecule has 0 aromatic carbocycles. The molecule has 0 aliphatic heterocycles. The third-order valence-electron chi connectivity index (χ3n) is 1.78. The molecule has 0 radical (unpaired) electrons. The molecule has 0 aliphatic carbocycles. The Morgan fingerprint density at radius 1 is 1.11 bits per heavy atom. The molecule has 0 amide bonds. The van der Waals surface area contributed by atoms with Crippen LogP contribution >= 0.6 is 0 Å². The van der Waals surface area contributed by atoms with Crippen LogP contribution in [-0.4, -0.2) is 37.7 Å². The van der Waals surface area contributed by atoms with Crippen LogP contribution in [0.15, 0.2) is 12.2 Å². The minimum Gasteiger partial charge on any atom is -0.461 e. The highest BCUT2D eigenvalue weighted by Gasteiger charge is 2.17. The minimum atomic E-state index is -0.517. The summed E-state index contributed by atoms with van der Waals surface area (Å²) >= 11 is 0. The van der Waals surface area contributed by atoms with Crippen molar-refractivity contribution in [2.24, 2.45) is 0 Å². The molecular weight excluding hydrogens is 234 g/mol. The number of likely N-dealkylation sites (N-methyl/N-ethyl adjacent to an activating group) is 1.